The third-order valence-corrected chi connectivity index (χ3v) is 0.789. The molecular formula is C4H4ClKO3. The van der Waals surface area contributed by atoms with Gasteiger partial charge >= 0.3 is 51.4 Å². The molecule has 46 valence electrons. The Bertz CT molecular complexity index is 114. The topological polar surface area (TPSA) is 57.2 Å². The molecule has 0 radical (unpaired) electrons. The molecular weight excluding hydrogens is 171 g/mol. The van der Waals surface area contributed by atoms with Crippen molar-refractivity contribution in [2.45, 2.75) is 6.42 Å². The van der Waals surface area contributed by atoms with Crippen molar-refractivity contribution in [3.05, 3.63) is 0 Å². The minimum atomic E-state index is -1.38. The van der Waals surface area contributed by atoms with Crippen LogP contribution in [0.2, 0.25) is 0 Å². The molecule has 0 amide bonds. The number of carboxylic acids is 1. The van der Waals surface area contributed by atoms with E-state index in [1.54, 1.807) is 0 Å². The zero-order valence-electron chi connectivity index (χ0n) is 5.02. The van der Waals surface area contributed by atoms with E-state index in [0.717, 1.165) is 0 Å². The standard InChI is InChI=1S/C4H5ClO3.K/c5-2-3(6)1-4(7)8;/h1-2H2,(H,7,8);/q;+1/p-1. The SMILES string of the molecule is O=C([O-])CC(=O)CCl.[K+]. The van der Waals surface area contributed by atoms with Crippen LogP contribution in [-0.2, 0) is 9.59 Å². The monoisotopic (exact) mass is 174 g/mol. The van der Waals surface area contributed by atoms with Gasteiger partial charge in [-0.05, 0) is 0 Å². The van der Waals surface area contributed by atoms with E-state index in [2.05, 4.69) is 0 Å². The molecule has 5 heteroatoms. The van der Waals surface area contributed by atoms with Crippen molar-refractivity contribution in [1.29, 1.82) is 0 Å². The number of ketones is 1. The molecule has 0 bridgehead atoms. The first kappa shape index (κ1) is 12.7. The van der Waals surface area contributed by atoms with Crippen LogP contribution in [0.3, 0.4) is 0 Å². The minimum absolute atomic E-state index is 0. The average Bonchev–Trinajstić information content (AvgIpc) is 1.65. The van der Waals surface area contributed by atoms with Gasteiger partial charge in [0.2, 0.25) is 0 Å². The van der Waals surface area contributed by atoms with E-state index in [-0.39, 0.29) is 57.3 Å². The normalized spacial score (nSPS) is 7.67. The van der Waals surface area contributed by atoms with E-state index in [0.29, 0.717) is 0 Å². The van der Waals surface area contributed by atoms with Crippen LogP contribution in [0, 0.1) is 0 Å². The van der Waals surface area contributed by atoms with Gasteiger partial charge in [0.25, 0.3) is 0 Å². The van der Waals surface area contributed by atoms with E-state index in [9.17, 15) is 14.7 Å². The van der Waals surface area contributed by atoms with Crippen molar-refractivity contribution in [3.63, 3.8) is 0 Å². The van der Waals surface area contributed by atoms with Crippen LogP contribution in [0.1, 0.15) is 6.42 Å². The van der Waals surface area contributed by atoms with Crippen LogP contribution in [0.5, 0.6) is 0 Å². The van der Waals surface area contributed by atoms with Gasteiger partial charge in [-0.1, -0.05) is 0 Å². The van der Waals surface area contributed by atoms with Crippen LogP contribution in [0.15, 0.2) is 0 Å². The molecule has 0 aromatic carbocycles. The maximum Gasteiger partial charge on any atom is 1.00 e. The van der Waals surface area contributed by atoms with E-state index in [4.69, 9.17) is 11.6 Å². The summed E-state index contributed by atoms with van der Waals surface area (Å²) in [4.78, 5) is 19.6. The molecule has 0 aliphatic carbocycles. The number of Topliss-reactive ketones (excluding diaryl/α,β-unsaturated/α-hetero) is 1. The fraction of sp³-hybridized carbons (Fsp3) is 0.500. The van der Waals surface area contributed by atoms with Gasteiger partial charge in [-0.25, -0.2) is 0 Å². The Morgan fingerprint density at radius 3 is 2.00 bits per heavy atom. The number of alkyl halides is 1. The smallest absolute Gasteiger partial charge is 0.550 e. The first-order valence-corrected chi connectivity index (χ1v) is 2.47. The van der Waals surface area contributed by atoms with Gasteiger partial charge in [0, 0.05) is 12.4 Å². The maximum atomic E-state index is 10.1. The summed E-state index contributed by atoms with van der Waals surface area (Å²) in [5.74, 6) is -2.16. The molecule has 0 aromatic heterocycles. The second-order valence-corrected chi connectivity index (χ2v) is 1.49. The van der Waals surface area contributed by atoms with Crippen LogP contribution < -0.4 is 56.5 Å². The van der Waals surface area contributed by atoms with Crippen molar-refractivity contribution in [3.8, 4) is 0 Å². The third kappa shape index (κ3) is 9.07. The van der Waals surface area contributed by atoms with Crippen LogP contribution >= 0.6 is 11.6 Å². The summed E-state index contributed by atoms with van der Waals surface area (Å²) in [5, 5.41) is 9.58. The summed E-state index contributed by atoms with van der Waals surface area (Å²) >= 11 is 4.96. The second-order valence-electron chi connectivity index (χ2n) is 1.22. The molecule has 0 aliphatic heterocycles. The van der Waals surface area contributed by atoms with E-state index < -0.39 is 18.2 Å². The Morgan fingerprint density at radius 1 is 1.44 bits per heavy atom. The quantitative estimate of drug-likeness (QED) is 0.249. The molecule has 0 fully saturated rings. The summed E-state index contributed by atoms with van der Waals surface area (Å²) in [5.41, 5.74) is 0. The Kier molecular flexibility index (Phi) is 10.1. The molecule has 0 saturated carbocycles. The summed E-state index contributed by atoms with van der Waals surface area (Å²) < 4.78 is 0. The van der Waals surface area contributed by atoms with Crippen LogP contribution in [0.25, 0.3) is 0 Å². The summed E-state index contributed by atoms with van der Waals surface area (Å²) in [6, 6.07) is 0. The Labute approximate surface area is 100 Å². The third-order valence-electron chi connectivity index (χ3n) is 0.491. The first-order chi connectivity index (χ1) is 3.66. The molecule has 0 saturated heterocycles. The molecule has 0 aromatic rings. The Hall–Kier alpha value is 1.07. The van der Waals surface area contributed by atoms with Gasteiger partial charge in [0.1, 0.15) is 0 Å². The van der Waals surface area contributed by atoms with Crippen LogP contribution in [0.4, 0.5) is 0 Å². The number of hydrogen-bond acceptors (Lipinski definition) is 3. The van der Waals surface area contributed by atoms with Crippen molar-refractivity contribution < 1.29 is 66.1 Å². The van der Waals surface area contributed by atoms with Crippen LogP contribution in [-0.4, -0.2) is 17.6 Å². The molecule has 0 N–H and O–H groups in total. The number of rotatable bonds is 3. The molecule has 0 spiro atoms. The molecule has 0 unspecified atom stereocenters. The summed E-state index contributed by atoms with van der Waals surface area (Å²) in [6.07, 6.45) is -0.580. The largest absolute Gasteiger partial charge is 1.00 e. The predicted octanol–water partition coefficient (Wildman–Crippen LogP) is -4.06. The minimum Gasteiger partial charge on any atom is -0.550 e. The number of carboxylic acid groups (broad SMARTS) is 1. The average molecular weight is 175 g/mol. The summed E-state index contributed by atoms with van der Waals surface area (Å²) in [6.45, 7) is 0. The molecule has 9 heavy (non-hydrogen) atoms. The maximum absolute atomic E-state index is 10.1. The Morgan fingerprint density at radius 2 is 1.89 bits per heavy atom. The van der Waals surface area contributed by atoms with Gasteiger partial charge in [-0.15, -0.1) is 11.6 Å². The van der Waals surface area contributed by atoms with Crippen molar-refractivity contribution in [2.75, 3.05) is 5.88 Å². The fourth-order valence-corrected chi connectivity index (χ4v) is 0.303. The van der Waals surface area contributed by atoms with E-state index in [1.807, 2.05) is 0 Å². The van der Waals surface area contributed by atoms with Crippen molar-refractivity contribution >= 4 is 23.4 Å². The molecule has 0 aliphatic rings. The molecule has 0 rings (SSSR count). The number of halogens is 1. The first-order valence-electron chi connectivity index (χ1n) is 1.94. The van der Waals surface area contributed by atoms with Gasteiger partial charge in [-0.2, -0.15) is 0 Å². The molecule has 3 nitrogen and oxygen atoms in total. The predicted molar refractivity (Wildman–Crippen MR) is 25.4 cm³/mol. The van der Waals surface area contributed by atoms with E-state index in [1.165, 1.54) is 0 Å². The van der Waals surface area contributed by atoms with Gasteiger partial charge in [-0.3, -0.25) is 4.79 Å². The Balaban J connectivity index is 0. The fourth-order valence-electron chi connectivity index (χ4n) is 0.208. The van der Waals surface area contributed by atoms with Gasteiger partial charge < -0.3 is 9.90 Å². The number of carbonyl (C=O) groups is 2. The second kappa shape index (κ2) is 7.18. The molecule has 0 heterocycles. The van der Waals surface area contributed by atoms with Gasteiger partial charge in [0.05, 0.1) is 5.88 Å². The van der Waals surface area contributed by atoms with E-state index >= 15 is 0 Å². The number of hydrogen-bond donors (Lipinski definition) is 0. The number of aliphatic carboxylic acids is 1. The summed E-state index contributed by atoms with van der Waals surface area (Å²) in [7, 11) is 0. The van der Waals surface area contributed by atoms with Crippen molar-refractivity contribution in [2.24, 2.45) is 0 Å². The molecule has 0 atom stereocenters. The van der Waals surface area contributed by atoms with Gasteiger partial charge in [0.15, 0.2) is 5.78 Å². The van der Waals surface area contributed by atoms with Crippen molar-refractivity contribution in [1.82, 2.24) is 0 Å². The zero-order valence-corrected chi connectivity index (χ0v) is 8.90. The number of carbonyl (C=O) groups excluding carboxylic acids is 2. The zero-order chi connectivity index (χ0) is 6.57.